The van der Waals surface area contributed by atoms with Gasteiger partial charge in [0.15, 0.2) is 6.61 Å². The number of fused-ring (bicyclic) bond motifs is 1. The molecule has 1 aliphatic rings. The molecular weight excluding hydrogens is 432 g/mol. The molecule has 0 saturated heterocycles. The van der Waals surface area contributed by atoms with Gasteiger partial charge in [-0.2, -0.15) is 0 Å². The molecule has 2 amide bonds. The van der Waals surface area contributed by atoms with Crippen molar-refractivity contribution in [2.75, 3.05) is 6.61 Å². The van der Waals surface area contributed by atoms with E-state index in [1.807, 2.05) is 26.0 Å². The van der Waals surface area contributed by atoms with Gasteiger partial charge < -0.3 is 4.74 Å². The molecule has 2 aromatic carbocycles. The van der Waals surface area contributed by atoms with Crippen molar-refractivity contribution < 1.29 is 22.7 Å². The average Bonchev–Trinajstić information content (AvgIpc) is 3.03. The lowest BCUT2D eigenvalue weighted by molar-refractivity contribution is -0.130. The third-order valence-electron chi connectivity index (χ3n) is 4.77. The molecule has 1 aliphatic heterocycles. The minimum absolute atomic E-state index is 0.117. The van der Waals surface area contributed by atoms with Crippen LogP contribution in [0.5, 0.6) is 5.75 Å². The first-order valence-corrected chi connectivity index (χ1v) is 11.8. The predicted molar refractivity (Wildman–Crippen MR) is 120 cm³/mol. The fraction of sp³-hybridized carbons (Fsp3) is 0.318. The number of benzene rings is 2. The predicted octanol–water partition coefficient (Wildman–Crippen LogP) is 1.82. The third kappa shape index (κ3) is 5.85. The van der Waals surface area contributed by atoms with E-state index in [4.69, 9.17) is 4.74 Å². The summed E-state index contributed by atoms with van der Waals surface area (Å²) >= 11 is 0. The second kappa shape index (κ2) is 10.3. The Labute approximate surface area is 187 Å². The molecule has 2 aromatic rings. The number of hydrogen-bond acceptors (Lipinski definition) is 6. The van der Waals surface area contributed by atoms with Gasteiger partial charge in [-0.05, 0) is 43.2 Å². The number of amides is 2. The van der Waals surface area contributed by atoms with Crippen molar-refractivity contribution in [3.05, 3.63) is 59.7 Å². The first-order chi connectivity index (χ1) is 15.3. The highest BCUT2D eigenvalue weighted by molar-refractivity contribution is 7.90. The fourth-order valence-corrected chi connectivity index (χ4v) is 4.38. The molecule has 0 radical (unpaired) electrons. The number of carbonyl (C=O) groups excluding carboxylic acids is 2. The summed E-state index contributed by atoms with van der Waals surface area (Å²) in [5.74, 6) is -0.413. The molecule has 32 heavy (non-hydrogen) atoms. The highest BCUT2D eigenvalue weighted by Gasteiger charge is 2.31. The van der Waals surface area contributed by atoms with Gasteiger partial charge in [-0.3, -0.25) is 30.2 Å². The lowest BCUT2D eigenvalue weighted by Crippen LogP contribution is -2.48. The molecule has 1 atom stereocenters. The van der Waals surface area contributed by atoms with Gasteiger partial charge in [-0.15, -0.1) is 0 Å². The molecule has 0 spiro atoms. The summed E-state index contributed by atoms with van der Waals surface area (Å²) in [6, 6.07) is 12.8. The number of amidine groups is 1. The van der Waals surface area contributed by atoms with Crippen LogP contribution in [-0.2, 0) is 19.6 Å². The number of rotatable bonds is 8. The Hall–Kier alpha value is -3.40. The van der Waals surface area contributed by atoms with E-state index in [-0.39, 0.29) is 17.3 Å². The van der Waals surface area contributed by atoms with Crippen LogP contribution in [0.1, 0.15) is 37.3 Å². The number of aliphatic imine (C=N–C) groups is 1. The molecule has 1 unspecified atom stereocenters. The van der Waals surface area contributed by atoms with Gasteiger partial charge >= 0.3 is 0 Å². The fourth-order valence-electron chi connectivity index (χ4n) is 3.14. The van der Waals surface area contributed by atoms with Crippen molar-refractivity contribution in [3.8, 4) is 5.75 Å². The summed E-state index contributed by atoms with van der Waals surface area (Å²) in [4.78, 5) is 29.2. The Morgan fingerprint density at radius 2 is 1.91 bits per heavy atom. The number of hydrazine groups is 1. The van der Waals surface area contributed by atoms with E-state index in [1.54, 1.807) is 30.3 Å². The van der Waals surface area contributed by atoms with Crippen LogP contribution in [0.4, 0.5) is 0 Å². The minimum atomic E-state index is -3.71. The highest BCUT2D eigenvalue weighted by atomic mass is 32.2. The van der Waals surface area contributed by atoms with E-state index in [0.717, 1.165) is 12.0 Å². The van der Waals surface area contributed by atoms with Crippen LogP contribution in [0.25, 0.3) is 0 Å². The molecule has 3 N–H and O–H groups in total. The van der Waals surface area contributed by atoms with Crippen molar-refractivity contribution in [3.63, 3.8) is 0 Å². The summed E-state index contributed by atoms with van der Waals surface area (Å²) in [6.07, 6.45) is 1.92. The highest BCUT2D eigenvalue weighted by Crippen LogP contribution is 2.23. The molecule has 170 valence electrons. The standard InChI is InChI=1S/C22H26N4O5S/c1-3-4-11-18(23-21-17-10-5-6-12-19(17)32(29,30)26-21)22(28)25-24-20(27)14-31-16-9-7-8-15(2)13-16/h5-10,12-13,18H,3-4,11,14H2,1-2H3,(H,23,26)(H,24,27)(H,25,28). The first-order valence-electron chi connectivity index (χ1n) is 10.3. The maximum absolute atomic E-state index is 12.7. The van der Waals surface area contributed by atoms with Gasteiger partial charge in [0, 0.05) is 5.56 Å². The molecule has 0 saturated carbocycles. The quantitative estimate of drug-likeness (QED) is 0.520. The Morgan fingerprint density at radius 3 is 2.66 bits per heavy atom. The summed E-state index contributed by atoms with van der Waals surface area (Å²) in [6.45, 7) is 3.61. The number of ether oxygens (including phenoxy) is 1. The summed E-state index contributed by atoms with van der Waals surface area (Å²) in [7, 11) is -3.71. The first kappa shape index (κ1) is 23.3. The molecule has 0 aliphatic carbocycles. The SMILES string of the molecule is CCCCC(N=C1NS(=O)(=O)c2ccccc21)C(=O)NNC(=O)COc1cccc(C)c1. The lowest BCUT2D eigenvalue weighted by atomic mass is 10.1. The Bertz CT molecular complexity index is 1130. The number of hydrogen-bond donors (Lipinski definition) is 3. The minimum Gasteiger partial charge on any atom is -0.484 e. The number of nitrogens with zero attached hydrogens (tertiary/aromatic N) is 1. The van der Waals surface area contributed by atoms with E-state index in [1.165, 1.54) is 6.07 Å². The molecule has 0 aromatic heterocycles. The van der Waals surface area contributed by atoms with Crippen molar-refractivity contribution in [1.29, 1.82) is 0 Å². The molecule has 0 fully saturated rings. The largest absolute Gasteiger partial charge is 0.484 e. The average molecular weight is 459 g/mol. The van der Waals surface area contributed by atoms with Gasteiger partial charge in [-0.25, -0.2) is 8.42 Å². The number of sulfonamides is 1. The van der Waals surface area contributed by atoms with Crippen molar-refractivity contribution in [2.24, 2.45) is 4.99 Å². The van der Waals surface area contributed by atoms with Crippen molar-refractivity contribution in [1.82, 2.24) is 15.6 Å². The van der Waals surface area contributed by atoms with E-state index >= 15 is 0 Å². The zero-order valence-corrected chi connectivity index (χ0v) is 18.7. The second-order valence-corrected chi connectivity index (χ2v) is 9.03. The summed E-state index contributed by atoms with van der Waals surface area (Å²) in [5, 5.41) is 0. The normalized spacial score (nSPS) is 16.0. The molecule has 9 nitrogen and oxygen atoms in total. The smallest absolute Gasteiger partial charge is 0.276 e. The van der Waals surface area contributed by atoms with Crippen LogP contribution in [-0.4, -0.2) is 38.7 Å². The number of nitrogens with one attached hydrogen (secondary N) is 3. The maximum atomic E-state index is 12.7. The van der Waals surface area contributed by atoms with Gasteiger partial charge in [0.05, 0.1) is 4.90 Å². The van der Waals surface area contributed by atoms with Crippen LogP contribution in [0.3, 0.4) is 0 Å². The van der Waals surface area contributed by atoms with E-state index in [9.17, 15) is 18.0 Å². The number of aryl methyl sites for hydroxylation is 1. The monoisotopic (exact) mass is 458 g/mol. The van der Waals surface area contributed by atoms with Crippen molar-refractivity contribution in [2.45, 2.75) is 44.0 Å². The zero-order valence-electron chi connectivity index (χ0n) is 17.9. The van der Waals surface area contributed by atoms with Gasteiger partial charge in [0.1, 0.15) is 17.6 Å². The third-order valence-corrected chi connectivity index (χ3v) is 6.16. The van der Waals surface area contributed by atoms with Crippen LogP contribution in [0.15, 0.2) is 58.4 Å². The Balaban J connectivity index is 1.64. The van der Waals surface area contributed by atoms with Crippen LogP contribution in [0, 0.1) is 6.92 Å². The van der Waals surface area contributed by atoms with E-state index in [2.05, 4.69) is 20.6 Å². The molecule has 0 bridgehead atoms. The molecule has 1 heterocycles. The van der Waals surface area contributed by atoms with Crippen molar-refractivity contribution >= 4 is 27.7 Å². The van der Waals surface area contributed by atoms with Crippen LogP contribution >= 0.6 is 0 Å². The molecule has 3 rings (SSSR count). The topological polar surface area (TPSA) is 126 Å². The molecule has 10 heteroatoms. The summed E-state index contributed by atoms with van der Waals surface area (Å²) < 4.78 is 32.4. The Morgan fingerprint density at radius 1 is 1.12 bits per heavy atom. The van der Waals surface area contributed by atoms with E-state index < -0.39 is 27.9 Å². The molecular formula is C22H26N4O5S. The lowest BCUT2D eigenvalue weighted by Gasteiger charge is -2.15. The van der Waals surface area contributed by atoms with Gasteiger partial charge in [0.25, 0.3) is 21.8 Å². The maximum Gasteiger partial charge on any atom is 0.276 e. The number of carbonyl (C=O) groups is 2. The van der Waals surface area contributed by atoms with E-state index in [0.29, 0.717) is 24.2 Å². The zero-order chi connectivity index (χ0) is 23.1. The Kier molecular flexibility index (Phi) is 7.47. The van der Waals surface area contributed by atoms with Gasteiger partial charge in [0.2, 0.25) is 0 Å². The summed E-state index contributed by atoms with van der Waals surface area (Å²) in [5.41, 5.74) is 6.08. The van der Waals surface area contributed by atoms with Gasteiger partial charge in [-0.1, -0.05) is 44.0 Å². The second-order valence-electron chi connectivity index (χ2n) is 7.38. The van der Waals surface area contributed by atoms with Crippen LogP contribution < -0.4 is 20.3 Å². The van der Waals surface area contributed by atoms with Crippen LogP contribution in [0.2, 0.25) is 0 Å². The number of unbranched alkanes of at least 4 members (excludes halogenated alkanes) is 1.